The quantitative estimate of drug-likeness (QED) is 0.666. The van der Waals surface area contributed by atoms with Crippen LogP contribution in [-0.4, -0.2) is 29.1 Å². The first-order chi connectivity index (χ1) is 14.8. The second-order valence-electron chi connectivity index (χ2n) is 8.00. The van der Waals surface area contributed by atoms with Crippen molar-refractivity contribution >= 4 is 16.6 Å². The molecule has 0 aliphatic carbocycles. The Morgan fingerprint density at radius 2 is 2.00 bits per heavy atom. The van der Waals surface area contributed by atoms with Gasteiger partial charge in [0.15, 0.2) is 0 Å². The fourth-order valence-electron chi connectivity index (χ4n) is 4.17. The zero-order valence-corrected chi connectivity index (χ0v) is 17.0. The van der Waals surface area contributed by atoms with Gasteiger partial charge in [0.25, 0.3) is 0 Å². The maximum Gasteiger partial charge on any atom is 0.417 e. The van der Waals surface area contributed by atoms with E-state index >= 15 is 0 Å². The molecule has 0 radical (unpaired) electrons. The van der Waals surface area contributed by atoms with Gasteiger partial charge in [-0.05, 0) is 48.7 Å². The van der Waals surface area contributed by atoms with Gasteiger partial charge in [-0.2, -0.15) is 18.4 Å². The summed E-state index contributed by atoms with van der Waals surface area (Å²) in [6, 6.07) is 12.5. The number of anilines is 1. The highest BCUT2D eigenvalue weighted by Gasteiger charge is 2.31. The molecular weight excluding hydrogens is 403 g/mol. The lowest BCUT2D eigenvalue weighted by atomic mass is 9.94. The predicted molar refractivity (Wildman–Crippen MR) is 112 cm³/mol. The van der Waals surface area contributed by atoms with Crippen LogP contribution in [0.25, 0.3) is 10.9 Å². The molecule has 2 aromatic heterocycles. The number of nitriles is 1. The van der Waals surface area contributed by atoms with Crippen molar-refractivity contribution in [1.82, 2.24) is 15.3 Å². The first-order valence-electron chi connectivity index (χ1n) is 10.1. The number of piperidine rings is 1. The van der Waals surface area contributed by atoms with E-state index in [1.165, 1.54) is 6.07 Å². The molecule has 1 fully saturated rings. The minimum Gasteiger partial charge on any atom is -0.369 e. The average molecular weight is 425 g/mol. The Kier molecular flexibility index (Phi) is 5.79. The highest BCUT2D eigenvalue weighted by Crippen LogP contribution is 2.31. The summed E-state index contributed by atoms with van der Waals surface area (Å²) in [4.78, 5) is 10.6. The summed E-state index contributed by atoms with van der Waals surface area (Å²) in [5, 5.41) is 13.8. The second kappa shape index (κ2) is 8.52. The standard InChI is InChI=1S/C23H22F3N5/c1-15-9-19(30-12-18-6-5-17(11-29-18)23(24,25)26)14-31(13-15)21-7-4-16(10-27)22-20(21)3-2-8-28-22/h2-8,11,15,19,30H,9,12-14H2,1H3/t15-,19+/m0/s1. The maximum atomic E-state index is 12.7. The van der Waals surface area contributed by atoms with E-state index < -0.39 is 11.7 Å². The van der Waals surface area contributed by atoms with Crippen LogP contribution in [0.15, 0.2) is 48.8 Å². The monoisotopic (exact) mass is 425 g/mol. The topological polar surface area (TPSA) is 64.8 Å². The van der Waals surface area contributed by atoms with Gasteiger partial charge in [0, 0.05) is 49.1 Å². The molecule has 1 N–H and O–H groups in total. The van der Waals surface area contributed by atoms with Crippen molar-refractivity contribution in [3.63, 3.8) is 0 Å². The number of hydrogen-bond donors (Lipinski definition) is 1. The van der Waals surface area contributed by atoms with E-state index in [4.69, 9.17) is 0 Å². The van der Waals surface area contributed by atoms with Crippen molar-refractivity contribution in [1.29, 1.82) is 5.26 Å². The van der Waals surface area contributed by atoms with E-state index in [0.29, 0.717) is 29.2 Å². The van der Waals surface area contributed by atoms with Gasteiger partial charge in [0.1, 0.15) is 6.07 Å². The predicted octanol–water partition coefficient (Wildman–Crippen LogP) is 4.52. The normalized spacial score (nSPS) is 19.4. The number of halogens is 3. The van der Waals surface area contributed by atoms with E-state index in [1.807, 2.05) is 18.2 Å². The van der Waals surface area contributed by atoms with Gasteiger partial charge >= 0.3 is 6.18 Å². The molecule has 160 valence electrons. The van der Waals surface area contributed by atoms with Gasteiger partial charge in [-0.15, -0.1) is 0 Å². The lowest BCUT2D eigenvalue weighted by molar-refractivity contribution is -0.137. The van der Waals surface area contributed by atoms with E-state index in [1.54, 1.807) is 12.3 Å². The van der Waals surface area contributed by atoms with E-state index in [0.717, 1.165) is 42.8 Å². The number of benzene rings is 1. The molecule has 3 heterocycles. The summed E-state index contributed by atoms with van der Waals surface area (Å²) in [6.45, 7) is 4.22. The first-order valence-corrected chi connectivity index (χ1v) is 10.1. The lowest BCUT2D eigenvalue weighted by Crippen LogP contribution is -2.48. The molecule has 0 bridgehead atoms. The fourth-order valence-corrected chi connectivity index (χ4v) is 4.17. The SMILES string of the molecule is C[C@H]1C[C@@H](NCc2ccc(C(F)(F)F)cn2)CN(c2ccc(C#N)c3ncccc23)C1. The van der Waals surface area contributed by atoms with Crippen molar-refractivity contribution in [2.45, 2.75) is 32.1 Å². The molecule has 5 nitrogen and oxygen atoms in total. The number of hydrogen-bond acceptors (Lipinski definition) is 5. The summed E-state index contributed by atoms with van der Waals surface area (Å²) in [5.74, 6) is 0.425. The molecule has 0 unspecified atom stereocenters. The van der Waals surface area contributed by atoms with Gasteiger partial charge in [0.05, 0.1) is 22.3 Å². The summed E-state index contributed by atoms with van der Waals surface area (Å²) >= 11 is 0. The van der Waals surface area contributed by atoms with Crippen molar-refractivity contribution in [3.05, 3.63) is 65.6 Å². The Morgan fingerprint density at radius 3 is 2.71 bits per heavy atom. The molecule has 0 spiro atoms. The van der Waals surface area contributed by atoms with Gasteiger partial charge in [-0.3, -0.25) is 9.97 Å². The van der Waals surface area contributed by atoms with E-state index in [2.05, 4.69) is 33.2 Å². The van der Waals surface area contributed by atoms with Gasteiger partial charge in [-0.25, -0.2) is 0 Å². The molecule has 1 aliphatic rings. The molecule has 0 saturated carbocycles. The molecule has 0 amide bonds. The third-order valence-corrected chi connectivity index (χ3v) is 5.59. The highest BCUT2D eigenvalue weighted by atomic mass is 19.4. The lowest BCUT2D eigenvalue weighted by Gasteiger charge is -2.39. The Hall–Kier alpha value is -3.18. The molecule has 3 aromatic rings. The number of nitrogens with one attached hydrogen (secondary N) is 1. The number of rotatable bonds is 4. The third-order valence-electron chi connectivity index (χ3n) is 5.59. The van der Waals surface area contributed by atoms with E-state index in [-0.39, 0.29) is 6.04 Å². The van der Waals surface area contributed by atoms with E-state index in [9.17, 15) is 18.4 Å². The number of alkyl halides is 3. The molecule has 1 aliphatic heterocycles. The van der Waals surface area contributed by atoms with Gasteiger partial charge in [-0.1, -0.05) is 6.92 Å². The summed E-state index contributed by atoms with van der Waals surface area (Å²) in [6.07, 6.45) is -0.851. The number of aromatic nitrogens is 2. The minimum atomic E-state index is -4.38. The average Bonchev–Trinajstić information content (AvgIpc) is 2.76. The molecule has 2 atom stereocenters. The Bertz CT molecular complexity index is 1100. The molecule has 4 rings (SSSR count). The molecule has 31 heavy (non-hydrogen) atoms. The van der Waals surface area contributed by atoms with Crippen LogP contribution in [0.5, 0.6) is 0 Å². The number of nitrogens with zero attached hydrogens (tertiary/aromatic N) is 4. The molecular formula is C23H22F3N5. The maximum absolute atomic E-state index is 12.7. The highest BCUT2D eigenvalue weighted by molar-refractivity contribution is 5.95. The number of fused-ring (bicyclic) bond motifs is 1. The summed E-state index contributed by atoms with van der Waals surface area (Å²) in [5.41, 5.74) is 2.11. The van der Waals surface area contributed by atoms with Crippen LogP contribution in [0, 0.1) is 17.2 Å². The van der Waals surface area contributed by atoms with Crippen molar-refractivity contribution in [2.75, 3.05) is 18.0 Å². The molecule has 1 saturated heterocycles. The van der Waals surface area contributed by atoms with Crippen LogP contribution in [-0.2, 0) is 12.7 Å². The Labute approximate surface area is 178 Å². The van der Waals surface area contributed by atoms with Crippen LogP contribution in [0.3, 0.4) is 0 Å². The summed E-state index contributed by atoms with van der Waals surface area (Å²) in [7, 11) is 0. The van der Waals surface area contributed by atoms with Crippen LogP contribution in [0.4, 0.5) is 18.9 Å². The van der Waals surface area contributed by atoms with Crippen molar-refractivity contribution in [2.24, 2.45) is 5.92 Å². The van der Waals surface area contributed by atoms with Crippen molar-refractivity contribution in [3.8, 4) is 6.07 Å². The zero-order chi connectivity index (χ0) is 22.0. The minimum absolute atomic E-state index is 0.162. The second-order valence-corrected chi connectivity index (χ2v) is 8.00. The van der Waals surface area contributed by atoms with Gasteiger partial charge in [0.2, 0.25) is 0 Å². The largest absolute Gasteiger partial charge is 0.417 e. The third kappa shape index (κ3) is 4.62. The van der Waals surface area contributed by atoms with Crippen LogP contribution in [0.1, 0.15) is 30.2 Å². The smallest absolute Gasteiger partial charge is 0.369 e. The number of pyridine rings is 2. The first kappa shape index (κ1) is 21.1. The molecule has 1 aromatic carbocycles. The molecule has 8 heteroatoms. The summed E-state index contributed by atoms with van der Waals surface area (Å²) < 4.78 is 38.2. The van der Waals surface area contributed by atoms with Crippen LogP contribution in [0.2, 0.25) is 0 Å². The van der Waals surface area contributed by atoms with Gasteiger partial charge < -0.3 is 10.2 Å². The fraction of sp³-hybridized carbons (Fsp3) is 0.348. The Morgan fingerprint density at radius 1 is 1.16 bits per heavy atom. The Balaban J connectivity index is 1.49. The van der Waals surface area contributed by atoms with Crippen LogP contribution >= 0.6 is 0 Å². The van der Waals surface area contributed by atoms with Crippen molar-refractivity contribution < 1.29 is 13.2 Å². The zero-order valence-electron chi connectivity index (χ0n) is 17.0. The van der Waals surface area contributed by atoms with Crippen LogP contribution < -0.4 is 10.2 Å².